The van der Waals surface area contributed by atoms with E-state index in [-0.39, 0.29) is 17.8 Å². The Morgan fingerprint density at radius 3 is 2.60 bits per heavy atom. The molecule has 10 heavy (non-hydrogen) atoms. The number of hydrogen-bond acceptors (Lipinski definition) is 3. The number of rotatable bonds is 1. The van der Waals surface area contributed by atoms with Gasteiger partial charge >= 0.3 is 5.97 Å². The lowest BCUT2D eigenvalue weighted by molar-refractivity contribution is -0.143. The summed E-state index contributed by atoms with van der Waals surface area (Å²) in [6.45, 7) is 3.98. The van der Waals surface area contributed by atoms with Crippen LogP contribution in [0.2, 0.25) is 0 Å². The van der Waals surface area contributed by atoms with E-state index in [2.05, 4.69) is 0 Å². The standard InChI is InChI=1S/C7H12O3/c1-4-3-10-7(9)6(4)5(2)8/h4-6,8H,3H2,1-2H3. The van der Waals surface area contributed by atoms with Crippen molar-refractivity contribution in [1.29, 1.82) is 0 Å². The molecule has 0 aromatic carbocycles. The first kappa shape index (κ1) is 7.54. The van der Waals surface area contributed by atoms with Gasteiger partial charge in [-0.3, -0.25) is 4.79 Å². The molecule has 3 nitrogen and oxygen atoms in total. The fraction of sp³-hybridized carbons (Fsp3) is 0.857. The van der Waals surface area contributed by atoms with Crippen molar-refractivity contribution in [3.63, 3.8) is 0 Å². The first-order valence-electron chi connectivity index (χ1n) is 3.47. The van der Waals surface area contributed by atoms with Crippen molar-refractivity contribution < 1.29 is 14.6 Å². The van der Waals surface area contributed by atoms with E-state index >= 15 is 0 Å². The molecule has 0 aliphatic carbocycles. The van der Waals surface area contributed by atoms with Gasteiger partial charge in [0.1, 0.15) is 0 Å². The van der Waals surface area contributed by atoms with Crippen LogP contribution in [0.25, 0.3) is 0 Å². The summed E-state index contributed by atoms with van der Waals surface area (Å²) in [7, 11) is 0. The highest BCUT2D eigenvalue weighted by molar-refractivity contribution is 5.75. The molecule has 0 spiro atoms. The quantitative estimate of drug-likeness (QED) is 0.534. The van der Waals surface area contributed by atoms with E-state index in [0.717, 1.165) is 0 Å². The van der Waals surface area contributed by atoms with Crippen molar-refractivity contribution in [3.8, 4) is 0 Å². The summed E-state index contributed by atoms with van der Waals surface area (Å²) in [5.74, 6) is -0.407. The molecule has 1 saturated heterocycles. The van der Waals surface area contributed by atoms with Crippen LogP contribution in [0.3, 0.4) is 0 Å². The van der Waals surface area contributed by atoms with Crippen molar-refractivity contribution in [2.75, 3.05) is 6.61 Å². The Bertz CT molecular complexity index is 142. The summed E-state index contributed by atoms with van der Waals surface area (Å²) in [6.07, 6.45) is -0.579. The maximum Gasteiger partial charge on any atom is 0.311 e. The third-order valence-electron chi connectivity index (χ3n) is 1.89. The molecule has 0 bridgehead atoms. The van der Waals surface area contributed by atoms with Gasteiger partial charge < -0.3 is 9.84 Å². The molecule has 1 aliphatic heterocycles. The molecule has 0 saturated carbocycles. The largest absolute Gasteiger partial charge is 0.465 e. The molecule has 0 aromatic rings. The van der Waals surface area contributed by atoms with Gasteiger partial charge in [-0.05, 0) is 6.92 Å². The molecular formula is C7H12O3. The number of carbonyl (C=O) groups excluding carboxylic acids is 1. The van der Waals surface area contributed by atoms with Crippen LogP contribution >= 0.6 is 0 Å². The van der Waals surface area contributed by atoms with E-state index in [9.17, 15) is 4.79 Å². The Kier molecular flexibility index (Phi) is 1.94. The minimum atomic E-state index is -0.579. The maximum absolute atomic E-state index is 10.8. The lowest BCUT2D eigenvalue weighted by Crippen LogP contribution is -2.25. The third-order valence-corrected chi connectivity index (χ3v) is 1.89. The molecule has 1 rings (SSSR count). The predicted molar refractivity (Wildman–Crippen MR) is 35.3 cm³/mol. The molecule has 58 valence electrons. The van der Waals surface area contributed by atoms with Gasteiger partial charge in [-0.1, -0.05) is 6.92 Å². The smallest absolute Gasteiger partial charge is 0.311 e. The van der Waals surface area contributed by atoms with Crippen molar-refractivity contribution in [3.05, 3.63) is 0 Å². The fourth-order valence-corrected chi connectivity index (χ4v) is 1.32. The van der Waals surface area contributed by atoms with Gasteiger partial charge in [-0.25, -0.2) is 0 Å². The second-order valence-corrected chi connectivity index (χ2v) is 2.87. The average molecular weight is 144 g/mol. The van der Waals surface area contributed by atoms with Crippen molar-refractivity contribution in [2.45, 2.75) is 20.0 Å². The van der Waals surface area contributed by atoms with E-state index in [1.165, 1.54) is 0 Å². The van der Waals surface area contributed by atoms with Crippen molar-refractivity contribution in [2.24, 2.45) is 11.8 Å². The van der Waals surface area contributed by atoms with Gasteiger partial charge in [0.25, 0.3) is 0 Å². The number of cyclic esters (lactones) is 1. The Balaban J connectivity index is 2.63. The Hall–Kier alpha value is -0.570. The number of ether oxygens (including phenoxy) is 1. The van der Waals surface area contributed by atoms with Crippen LogP contribution in [-0.4, -0.2) is 23.8 Å². The maximum atomic E-state index is 10.8. The topological polar surface area (TPSA) is 46.5 Å². The first-order valence-corrected chi connectivity index (χ1v) is 3.47. The van der Waals surface area contributed by atoms with Crippen LogP contribution in [0.1, 0.15) is 13.8 Å². The third kappa shape index (κ3) is 1.14. The van der Waals surface area contributed by atoms with Gasteiger partial charge in [-0.15, -0.1) is 0 Å². The van der Waals surface area contributed by atoms with Crippen molar-refractivity contribution >= 4 is 5.97 Å². The minimum Gasteiger partial charge on any atom is -0.465 e. The van der Waals surface area contributed by atoms with Crippen LogP contribution in [0, 0.1) is 11.8 Å². The van der Waals surface area contributed by atoms with Gasteiger partial charge in [0, 0.05) is 5.92 Å². The molecule has 1 heterocycles. The van der Waals surface area contributed by atoms with Crippen LogP contribution in [0.15, 0.2) is 0 Å². The summed E-state index contributed by atoms with van der Waals surface area (Å²) in [5, 5.41) is 9.09. The molecule has 0 aromatic heterocycles. The molecule has 1 fully saturated rings. The predicted octanol–water partition coefficient (Wildman–Crippen LogP) is 0.176. The molecule has 3 atom stereocenters. The second-order valence-electron chi connectivity index (χ2n) is 2.87. The summed E-state index contributed by atoms with van der Waals surface area (Å²) in [4.78, 5) is 10.8. The summed E-state index contributed by atoms with van der Waals surface area (Å²) < 4.78 is 4.74. The normalized spacial score (nSPS) is 35.7. The number of esters is 1. The molecule has 0 radical (unpaired) electrons. The molecular weight excluding hydrogens is 132 g/mol. The number of aliphatic hydroxyl groups is 1. The average Bonchev–Trinajstić information content (AvgIpc) is 2.11. The molecule has 1 aliphatic rings. The number of aliphatic hydroxyl groups excluding tert-OH is 1. The van der Waals surface area contributed by atoms with Crippen LogP contribution in [-0.2, 0) is 9.53 Å². The first-order chi connectivity index (χ1) is 4.63. The zero-order valence-electron chi connectivity index (χ0n) is 6.20. The molecule has 0 amide bonds. The Morgan fingerprint density at radius 1 is 1.80 bits per heavy atom. The number of hydrogen-bond donors (Lipinski definition) is 1. The summed E-state index contributed by atoms with van der Waals surface area (Å²) in [5.41, 5.74) is 0. The van der Waals surface area contributed by atoms with Crippen LogP contribution in [0.4, 0.5) is 0 Å². The van der Waals surface area contributed by atoms with Gasteiger partial charge in [-0.2, -0.15) is 0 Å². The summed E-state index contributed by atoms with van der Waals surface area (Å²) in [6, 6.07) is 0. The van der Waals surface area contributed by atoms with E-state index in [0.29, 0.717) is 6.61 Å². The van der Waals surface area contributed by atoms with E-state index in [1.807, 2.05) is 6.92 Å². The van der Waals surface area contributed by atoms with E-state index < -0.39 is 6.10 Å². The van der Waals surface area contributed by atoms with Crippen LogP contribution in [0.5, 0.6) is 0 Å². The second kappa shape index (κ2) is 2.58. The summed E-state index contributed by atoms with van der Waals surface area (Å²) >= 11 is 0. The van der Waals surface area contributed by atoms with E-state index in [1.54, 1.807) is 6.92 Å². The minimum absolute atomic E-state index is 0.160. The van der Waals surface area contributed by atoms with Gasteiger partial charge in [0.05, 0.1) is 18.6 Å². The molecule has 3 heteroatoms. The van der Waals surface area contributed by atoms with Crippen LogP contribution < -0.4 is 0 Å². The highest BCUT2D eigenvalue weighted by Crippen LogP contribution is 2.24. The lowest BCUT2D eigenvalue weighted by Gasteiger charge is -2.12. The van der Waals surface area contributed by atoms with Gasteiger partial charge in [0.15, 0.2) is 0 Å². The highest BCUT2D eigenvalue weighted by atomic mass is 16.5. The van der Waals surface area contributed by atoms with E-state index in [4.69, 9.17) is 9.84 Å². The molecule has 1 N–H and O–H groups in total. The van der Waals surface area contributed by atoms with Crippen molar-refractivity contribution in [1.82, 2.24) is 0 Å². The zero-order chi connectivity index (χ0) is 7.72. The lowest BCUT2D eigenvalue weighted by atomic mass is 9.93. The monoisotopic (exact) mass is 144 g/mol. The molecule has 3 unspecified atom stereocenters. The zero-order valence-corrected chi connectivity index (χ0v) is 6.20. The number of carbonyl (C=O) groups is 1. The van der Waals surface area contributed by atoms with Gasteiger partial charge in [0.2, 0.25) is 0 Å². The SMILES string of the molecule is CC(O)C1C(=O)OCC1C. The highest BCUT2D eigenvalue weighted by Gasteiger charge is 2.36. The Morgan fingerprint density at radius 2 is 2.40 bits per heavy atom. The fourth-order valence-electron chi connectivity index (χ4n) is 1.32. The Labute approximate surface area is 60.0 Å².